The fourth-order valence-corrected chi connectivity index (χ4v) is 2.37. The fourth-order valence-electron chi connectivity index (χ4n) is 2.37. The zero-order valence-corrected chi connectivity index (χ0v) is 13.3. The van der Waals surface area contributed by atoms with Gasteiger partial charge in [-0.1, -0.05) is 40.5 Å². The summed E-state index contributed by atoms with van der Waals surface area (Å²) in [5, 5.41) is 24.4. The topological polar surface area (TPSA) is 124 Å². The van der Waals surface area contributed by atoms with Gasteiger partial charge in [-0.15, -0.1) is 0 Å². The summed E-state index contributed by atoms with van der Waals surface area (Å²) in [7, 11) is 0. The van der Waals surface area contributed by atoms with E-state index in [0.717, 1.165) is 12.8 Å². The summed E-state index contributed by atoms with van der Waals surface area (Å²) < 4.78 is 0. The van der Waals surface area contributed by atoms with Crippen molar-refractivity contribution in [3.63, 3.8) is 0 Å². The van der Waals surface area contributed by atoms with Crippen molar-refractivity contribution in [2.24, 2.45) is 21.7 Å². The van der Waals surface area contributed by atoms with Crippen LogP contribution in [0.5, 0.6) is 0 Å². The Morgan fingerprint density at radius 2 is 1.10 bits per heavy atom. The average Bonchev–Trinajstić information content (AvgIpc) is 2.41. The molecule has 0 aliphatic rings. The normalized spacial score (nSPS) is 17.6. The lowest BCUT2D eigenvalue weighted by molar-refractivity contribution is 0.408. The smallest absolute Gasteiger partial charge is 0.137 e. The SMILES string of the molecule is CCCC(CC)(N=NC(CC)(CCC)C(=N)N)C(=N)N. The van der Waals surface area contributed by atoms with Gasteiger partial charge < -0.3 is 11.5 Å². The molecule has 0 bridgehead atoms. The maximum Gasteiger partial charge on any atom is 0.137 e. The van der Waals surface area contributed by atoms with E-state index in [1.165, 1.54) is 0 Å². The molecular formula is C14H30N6. The van der Waals surface area contributed by atoms with Crippen molar-refractivity contribution in [1.82, 2.24) is 0 Å². The van der Waals surface area contributed by atoms with E-state index in [9.17, 15) is 0 Å². The second-order valence-electron chi connectivity index (χ2n) is 5.30. The Balaban J connectivity index is 5.55. The first-order valence-electron chi connectivity index (χ1n) is 7.47. The molecule has 0 rings (SSSR count). The number of azo groups is 1. The lowest BCUT2D eigenvalue weighted by Crippen LogP contribution is -2.44. The second kappa shape index (κ2) is 7.97. The molecule has 20 heavy (non-hydrogen) atoms. The van der Waals surface area contributed by atoms with Crippen molar-refractivity contribution < 1.29 is 0 Å². The first kappa shape index (κ1) is 18.5. The molecule has 116 valence electrons. The van der Waals surface area contributed by atoms with E-state index >= 15 is 0 Å². The van der Waals surface area contributed by atoms with Gasteiger partial charge in [-0.25, -0.2) is 0 Å². The van der Waals surface area contributed by atoms with Crippen LogP contribution >= 0.6 is 0 Å². The van der Waals surface area contributed by atoms with E-state index in [2.05, 4.69) is 10.2 Å². The van der Waals surface area contributed by atoms with Crippen molar-refractivity contribution in [3.05, 3.63) is 0 Å². The highest BCUT2D eigenvalue weighted by Gasteiger charge is 2.35. The third kappa shape index (κ3) is 4.02. The Labute approximate surface area is 122 Å². The summed E-state index contributed by atoms with van der Waals surface area (Å²) in [4.78, 5) is 0. The van der Waals surface area contributed by atoms with Crippen LogP contribution in [-0.4, -0.2) is 22.7 Å². The number of nitrogens with one attached hydrogen (secondary N) is 2. The second-order valence-corrected chi connectivity index (χ2v) is 5.30. The first-order valence-corrected chi connectivity index (χ1v) is 7.47. The van der Waals surface area contributed by atoms with Crippen molar-refractivity contribution >= 4 is 11.7 Å². The number of nitrogens with two attached hydrogens (primary N) is 2. The zero-order valence-electron chi connectivity index (χ0n) is 13.3. The van der Waals surface area contributed by atoms with Crippen LogP contribution in [0.4, 0.5) is 0 Å². The van der Waals surface area contributed by atoms with Crippen LogP contribution in [0.2, 0.25) is 0 Å². The molecule has 0 spiro atoms. The largest absolute Gasteiger partial charge is 0.386 e. The van der Waals surface area contributed by atoms with Crippen LogP contribution in [0.1, 0.15) is 66.2 Å². The van der Waals surface area contributed by atoms with Crippen molar-refractivity contribution in [1.29, 1.82) is 10.8 Å². The minimum absolute atomic E-state index is 0.0376. The molecule has 6 nitrogen and oxygen atoms in total. The number of rotatable bonds is 10. The third-order valence-corrected chi connectivity index (χ3v) is 3.93. The van der Waals surface area contributed by atoms with Crippen LogP contribution in [0.3, 0.4) is 0 Å². The quantitative estimate of drug-likeness (QED) is 0.279. The molecule has 0 fully saturated rings. The summed E-state index contributed by atoms with van der Waals surface area (Å²) in [6.45, 7) is 7.98. The molecule has 6 N–H and O–H groups in total. The predicted molar refractivity (Wildman–Crippen MR) is 84.5 cm³/mol. The molecule has 0 saturated heterocycles. The number of amidine groups is 2. The maximum absolute atomic E-state index is 7.82. The summed E-state index contributed by atoms with van der Waals surface area (Å²) in [5.41, 5.74) is 9.96. The van der Waals surface area contributed by atoms with E-state index in [1.807, 2.05) is 27.7 Å². The number of hydrogen-bond donors (Lipinski definition) is 4. The molecule has 2 unspecified atom stereocenters. The molecule has 0 saturated carbocycles. The van der Waals surface area contributed by atoms with E-state index in [4.69, 9.17) is 22.3 Å². The van der Waals surface area contributed by atoms with E-state index < -0.39 is 11.1 Å². The standard InChI is InChI=1S/C14H30N6/c1-5-9-13(7-3,11(15)16)19-20-14(8-4,10-6-2)12(17)18/h5-10H2,1-4H3,(H3,15,16)(H3,17,18). The molecule has 0 aromatic heterocycles. The highest BCUT2D eigenvalue weighted by atomic mass is 15.2. The zero-order chi connectivity index (χ0) is 15.8. The Morgan fingerprint density at radius 3 is 1.25 bits per heavy atom. The molecular weight excluding hydrogens is 252 g/mol. The summed E-state index contributed by atoms with van der Waals surface area (Å²) >= 11 is 0. The van der Waals surface area contributed by atoms with Crippen LogP contribution < -0.4 is 11.5 Å². The molecule has 6 heteroatoms. The minimum atomic E-state index is -0.752. The van der Waals surface area contributed by atoms with Gasteiger partial charge >= 0.3 is 0 Å². The fraction of sp³-hybridized carbons (Fsp3) is 0.857. The van der Waals surface area contributed by atoms with E-state index in [-0.39, 0.29) is 11.7 Å². The molecule has 2 atom stereocenters. The highest BCUT2D eigenvalue weighted by Crippen LogP contribution is 2.28. The van der Waals surface area contributed by atoms with Gasteiger partial charge in [-0.2, -0.15) is 10.2 Å². The predicted octanol–water partition coefficient (Wildman–Crippen LogP) is 3.21. The van der Waals surface area contributed by atoms with Crippen molar-refractivity contribution in [2.45, 2.75) is 77.3 Å². The van der Waals surface area contributed by atoms with Crippen LogP contribution in [-0.2, 0) is 0 Å². The van der Waals surface area contributed by atoms with Gasteiger partial charge in [0.1, 0.15) is 22.7 Å². The van der Waals surface area contributed by atoms with Gasteiger partial charge in [0.15, 0.2) is 0 Å². The van der Waals surface area contributed by atoms with Gasteiger partial charge in [0.25, 0.3) is 0 Å². The van der Waals surface area contributed by atoms with E-state index in [0.29, 0.717) is 25.7 Å². The summed E-state index contributed by atoms with van der Waals surface area (Å²) in [6, 6.07) is 0. The van der Waals surface area contributed by atoms with Gasteiger partial charge in [-0.3, -0.25) is 10.8 Å². The lowest BCUT2D eigenvalue weighted by atomic mass is 9.89. The minimum Gasteiger partial charge on any atom is -0.386 e. The molecule has 0 radical (unpaired) electrons. The van der Waals surface area contributed by atoms with Crippen LogP contribution in [0.25, 0.3) is 0 Å². The van der Waals surface area contributed by atoms with Crippen molar-refractivity contribution in [2.75, 3.05) is 0 Å². The summed E-state index contributed by atoms with van der Waals surface area (Å²) in [6.07, 6.45) is 4.38. The van der Waals surface area contributed by atoms with Gasteiger partial charge in [-0.05, 0) is 25.7 Å². The van der Waals surface area contributed by atoms with Gasteiger partial charge in [0, 0.05) is 0 Å². The number of nitrogens with zero attached hydrogens (tertiary/aromatic N) is 2. The average molecular weight is 282 g/mol. The monoisotopic (exact) mass is 282 g/mol. The Hall–Kier alpha value is -1.46. The molecule has 0 aromatic carbocycles. The van der Waals surface area contributed by atoms with Gasteiger partial charge in [0.05, 0.1) is 0 Å². The number of hydrogen-bond acceptors (Lipinski definition) is 4. The van der Waals surface area contributed by atoms with Crippen LogP contribution in [0, 0.1) is 10.8 Å². The molecule has 0 amide bonds. The molecule has 0 aliphatic carbocycles. The Kier molecular flexibility index (Phi) is 7.39. The third-order valence-electron chi connectivity index (χ3n) is 3.93. The van der Waals surface area contributed by atoms with Crippen LogP contribution in [0.15, 0.2) is 10.2 Å². The Morgan fingerprint density at radius 1 is 0.800 bits per heavy atom. The molecule has 0 aromatic rings. The van der Waals surface area contributed by atoms with E-state index in [1.54, 1.807) is 0 Å². The Bertz CT molecular complexity index is 331. The van der Waals surface area contributed by atoms with Crippen molar-refractivity contribution in [3.8, 4) is 0 Å². The molecule has 0 heterocycles. The van der Waals surface area contributed by atoms with Gasteiger partial charge in [0.2, 0.25) is 0 Å². The summed E-state index contributed by atoms with van der Waals surface area (Å²) in [5.74, 6) is 0.0753. The first-order chi connectivity index (χ1) is 9.34. The lowest BCUT2D eigenvalue weighted by Gasteiger charge is -2.30. The molecule has 0 aliphatic heterocycles. The highest BCUT2D eigenvalue weighted by molar-refractivity contribution is 5.88. The maximum atomic E-state index is 7.82.